The minimum atomic E-state index is -0.400. The van der Waals surface area contributed by atoms with Gasteiger partial charge in [0.25, 0.3) is 11.8 Å². The molecule has 0 saturated carbocycles. The fourth-order valence-corrected chi connectivity index (χ4v) is 2.78. The first-order chi connectivity index (χ1) is 13.0. The van der Waals surface area contributed by atoms with Crippen LogP contribution in [0.15, 0.2) is 53.1 Å². The summed E-state index contributed by atoms with van der Waals surface area (Å²) in [6.45, 7) is 2.01. The molecule has 0 saturated heterocycles. The molecule has 7 nitrogen and oxygen atoms in total. The number of aromatic nitrogens is 1. The van der Waals surface area contributed by atoms with E-state index in [1.165, 1.54) is 4.90 Å². The lowest BCUT2D eigenvalue weighted by molar-refractivity contribution is -0.120. The lowest BCUT2D eigenvalue weighted by Gasteiger charge is -2.26. The maximum absolute atomic E-state index is 12.5. The lowest BCUT2D eigenvalue weighted by Crippen LogP contribution is -2.35. The Morgan fingerprint density at radius 3 is 2.70 bits per heavy atom. The molecule has 0 radical (unpaired) electrons. The summed E-state index contributed by atoms with van der Waals surface area (Å²) in [5, 5.41) is 6.61. The fraction of sp³-hybridized carbons (Fsp3) is 0.150. The zero-order chi connectivity index (χ0) is 19.0. The maximum atomic E-state index is 12.5. The number of nitrogens with zero attached hydrogens (tertiary/aromatic N) is 2. The van der Waals surface area contributed by atoms with E-state index in [9.17, 15) is 9.59 Å². The zero-order valence-electron chi connectivity index (χ0n) is 14.9. The van der Waals surface area contributed by atoms with E-state index in [0.29, 0.717) is 22.9 Å². The van der Waals surface area contributed by atoms with Crippen molar-refractivity contribution in [2.45, 2.75) is 6.92 Å². The highest BCUT2D eigenvalue weighted by Crippen LogP contribution is 2.33. The number of aryl methyl sites for hydroxylation is 1. The number of likely N-dealkylation sites (N-methyl/N-ethyl adjacent to an activating group) is 1. The van der Waals surface area contributed by atoms with Crippen LogP contribution in [0.25, 0.3) is 11.3 Å². The molecule has 2 heterocycles. The second kappa shape index (κ2) is 6.60. The SMILES string of the molecule is Cc1ccc(-c2cc(C(=O)Nc3ccc4c(c3)N(C)C(=O)CO4)no2)cc1. The average molecular weight is 363 g/mol. The van der Waals surface area contributed by atoms with Gasteiger partial charge in [-0.2, -0.15) is 0 Å². The van der Waals surface area contributed by atoms with Crippen LogP contribution in [-0.2, 0) is 4.79 Å². The van der Waals surface area contributed by atoms with Gasteiger partial charge in [0.05, 0.1) is 5.69 Å². The third kappa shape index (κ3) is 3.27. The lowest BCUT2D eigenvalue weighted by atomic mass is 10.1. The van der Waals surface area contributed by atoms with Crippen LogP contribution in [0.1, 0.15) is 16.1 Å². The molecule has 1 aromatic heterocycles. The molecule has 1 aliphatic rings. The van der Waals surface area contributed by atoms with Crippen molar-refractivity contribution in [3.8, 4) is 17.1 Å². The highest BCUT2D eigenvalue weighted by Gasteiger charge is 2.23. The molecule has 27 heavy (non-hydrogen) atoms. The first-order valence-corrected chi connectivity index (χ1v) is 8.40. The Morgan fingerprint density at radius 1 is 1.15 bits per heavy atom. The minimum absolute atomic E-state index is 0.00985. The van der Waals surface area contributed by atoms with E-state index in [-0.39, 0.29) is 18.2 Å². The Balaban J connectivity index is 1.53. The van der Waals surface area contributed by atoms with Crippen LogP contribution in [0.5, 0.6) is 5.75 Å². The third-order valence-corrected chi connectivity index (χ3v) is 4.38. The van der Waals surface area contributed by atoms with Crippen LogP contribution in [0, 0.1) is 6.92 Å². The number of anilines is 2. The molecule has 4 rings (SSSR count). The van der Waals surface area contributed by atoms with E-state index in [1.807, 2.05) is 31.2 Å². The van der Waals surface area contributed by atoms with E-state index >= 15 is 0 Å². The Hall–Kier alpha value is -3.61. The van der Waals surface area contributed by atoms with Gasteiger partial charge in [0.2, 0.25) is 0 Å². The van der Waals surface area contributed by atoms with Crippen molar-refractivity contribution >= 4 is 23.2 Å². The molecule has 136 valence electrons. The Bertz CT molecular complexity index is 1020. The maximum Gasteiger partial charge on any atom is 0.277 e. The highest BCUT2D eigenvalue weighted by molar-refractivity contribution is 6.04. The van der Waals surface area contributed by atoms with Crippen molar-refractivity contribution < 1.29 is 18.8 Å². The van der Waals surface area contributed by atoms with Crippen molar-refractivity contribution in [1.82, 2.24) is 5.16 Å². The largest absolute Gasteiger partial charge is 0.482 e. The van der Waals surface area contributed by atoms with E-state index in [1.54, 1.807) is 31.3 Å². The van der Waals surface area contributed by atoms with Gasteiger partial charge in [-0.3, -0.25) is 9.59 Å². The number of fused-ring (bicyclic) bond motifs is 1. The smallest absolute Gasteiger partial charge is 0.277 e. The number of carbonyl (C=O) groups excluding carboxylic acids is 2. The summed E-state index contributed by atoms with van der Waals surface area (Å²) >= 11 is 0. The van der Waals surface area contributed by atoms with Gasteiger partial charge in [0, 0.05) is 24.4 Å². The van der Waals surface area contributed by atoms with Crippen molar-refractivity contribution in [2.75, 3.05) is 23.9 Å². The van der Waals surface area contributed by atoms with E-state index in [2.05, 4.69) is 10.5 Å². The first-order valence-electron chi connectivity index (χ1n) is 8.40. The molecule has 0 fully saturated rings. The Labute approximate surface area is 155 Å². The van der Waals surface area contributed by atoms with Crippen LogP contribution < -0.4 is 15.0 Å². The number of benzene rings is 2. The molecule has 0 spiro atoms. The first kappa shape index (κ1) is 16.8. The molecular weight excluding hydrogens is 346 g/mol. The van der Waals surface area contributed by atoms with E-state index in [0.717, 1.165) is 11.1 Å². The Kier molecular flexibility index (Phi) is 4.12. The minimum Gasteiger partial charge on any atom is -0.482 e. The van der Waals surface area contributed by atoms with E-state index < -0.39 is 5.91 Å². The molecule has 2 aromatic carbocycles. The average Bonchev–Trinajstić information content (AvgIpc) is 3.16. The number of rotatable bonds is 3. The van der Waals surface area contributed by atoms with Crippen molar-refractivity contribution in [1.29, 1.82) is 0 Å². The normalized spacial score (nSPS) is 13.1. The zero-order valence-corrected chi connectivity index (χ0v) is 14.9. The molecular formula is C20H17N3O4. The van der Waals surface area contributed by atoms with Crippen LogP contribution in [0.4, 0.5) is 11.4 Å². The van der Waals surface area contributed by atoms with Crippen LogP contribution >= 0.6 is 0 Å². The van der Waals surface area contributed by atoms with Gasteiger partial charge in [-0.25, -0.2) is 0 Å². The predicted octanol–water partition coefficient (Wildman–Crippen LogP) is 3.26. The number of ether oxygens (including phenoxy) is 1. The predicted molar refractivity (Wildman–Crippen MR) is 100.0 cm³/mol. The van der Waals surface area contributed by atoms with Crippen molar-refractivity contribution in [3.05, 3.63) is 59.8 Å². The monoisotopic (exact) mass is 363 g/mol. The number of amides is 2. The Morgan fingerprint density at radius 2 is 1.93 bits per heavy atom. The molecule has 2 amide bonds. The molecule has 7 heteroatoms. The van der Waals surface area contributed by atoms with Gasteiger partial charge in [-0.1, -0.05) is 35.0 Å². The van der Waals surface area contributed by atoms with Gasteiger partial charge in [0.1, 0.15) is 5.75 Å². The van der Waals surface area contributed by atoms with Gasteiger partial charge in [-0.05, 0) is 25.1 Å². The van der Waals surface area contributed by atoms with Crippen molar-refractivity contribution in [2.24, 2.45) is 0 Å². The quantitative estimate of drug-likeness (QED) is 0.772. The number of carbonyl (C=O) groups is 2. The summed E-state index contributed by atoms with van der Waals surface area (Å²) < 4.78 is 10.7. The molecule has 0 bridgehead atoms. The molecule has 0 unspecified atom stereocenters. The topological polar surface area (TPSA) is 84.7 Å². The van der Waals surface area contributed by atoms with Crippen LogP contribution in [0.2, 0.25) is 0 Å². The van der Waals surface area contributed by atoms with Gasteiger partial charge in [0.15, 0.2) is 18.1 Å². The number of hydrogen-bond acceptors (Lipinski definition) is 5. The molecule has 3 aromatic rings. The molecule has 1 N–H and O–H groups in total. The summed E-state index contributed by atoms with van der Waals surface area (Å²) in [6.07, 6.45) is 0. The second-order valence-corrected chi connectivity index (χ2v) is 6.32. The van der Waals surface area contributed by atoms with Crippen LogP contribution in [0.3, 0.4) is 0 Å². The second-order valence-electron chi connectivity index (χ2n) is 6.32. The third-order valence-electron chi connectivity index (χ3n) is 4.38. The van der Waals surface area contributed by atoms with Gasteiger partial charge < -0.3 is 19.5 Å². The molecule has 1 aliphatic heterocycles. The summed E-state index contributed by atoms with van der Waals surface area (Å²) in [4.78, 5) is 25.7. The van der Waals surface area contributed by atoms with Gasteiger partial charge in [-0.15, -0.1) is 0 Å². The summed E-state index contributed by atoms with van der Waals surface area (Å²) in [5.74, 6) is 0.565. The van der Waals surface area contributed by atoms with Crippen molar-refractivity contribution in [3.63, 3.8) is 0 Å². The fourth-order valence-electron chi connectivity index (χ4n) is 2.78. The molecule has 0 aliphatic carbocycles. The highest BCUT2D eigenvalue weighted by atomic mass is 16.5. The standard InChI is InChI=1S/C20H17N3O4/c1-12-3-5-13(6-4-12)18-10-15(22-27-18)20(25)21-14-7-8-17-16(9-14)23(2)19(24)11-26-17/h3-10H,11H2,1-2H3,(H,21,25). The molecule has 0 atom stereocenters. The number of nitrogens with one attached hydrogen (secondary N) is 1. The summed E-state index contributed by atoms with van der Waals surface area (Å²) in [5.41, 5.74) is 3.28. The van der Waals surface area contributed by atoms with Gasteiger partial charge >= 0.3 is 0 Å². The summed E-state index contributed by atoms with van der Waals surface area (Å²) in [7, 11) is 1.67. The van der Waals surface area contributed by atoms with E-state index in [4.69, 9.17) is 9.26 Å². The summed E-state index contributed by atoms with van der Waals surface area (Å²) in [6, 6.07) is 14.5. The van der Waals surface area contributed by atoms with Crippen LogP contribution in [-0.4, -0.2) is 30.6 Å². The number of hydrogen-bond donors (Lipinski definition) is 1.